The lowest BCUT2D eigenvalue weighted by Crippen LogP contribution is -2.62. The summed E-state index contributed by atoms with van der Waals surface area (Å²) in [5.74, 6) is 0.961. The number of piperidine rings is 1. The van der Waals surface area contributed by atoms with E-state index in [2.05, 4.69) is 66.8 Å². The van der Waals surface area contributed by atoms with E-state index in [0.717, 1.165) is 37.3 Å². The van der Waals surface area contributed by atoms with Crippen molar-refractivity contribution in [2.75, 3.05) is 13.1 Å². The van der Waals surface area contributed by atoms with Crippen LogP contribution in [0.5, 0.6) is 0 Å². The average molecular weight is 370 g/mol. The van der Waals surface area contributed by atoms with E-state index >= 15 is 0 Å². The third kappa shape index (κ3) is 3.69. The lowest BCUT2D eigenvalue weighted by Gasteiger charge is -2.51. The van der Waals surface area contributed by atoms with Gasteiger partial charge in [0, 0.05) is 31.2 Å². The molecule has 3 rings (SSSR count). The highest BCUT2D eigenvalue weighted by molar-refractivity contribution is 6.02. The molecule has 0 N–H and O–H groups in total. The van der Waals surface area contributed by atoms with Gasteiger partial charge in [-0.2, -0.15) is 4.99 Å². The lowest BCUT2D eigenvalue weighted by molar-refractivity contribution is -0.128. The molecular weight excluding hydrogens is 334 g/mol. The molecule has 0 saturated carbocycles. The normalized spacial score (nSPS) is 25.9. The monoisotopic (exact) mass is 369 g/mol. The third-order valence-corrected chi connectivity index (χ3v) is 6.51. The molecule has 1 saturated heterocycles. The van der Waals surface area contributed by atoms with Gasteiger partial charge in [0.2, 0.25) is 0 Å². The Bertz CT molecular complexity index is 674. The maximum absolute atomic E-state index is 13.5. The summed E-state index contributed by atoms with van der Waals surface area (Å²) >= 11 is 0. The predicted molar refractivity (Wildman–Crippen MR) is 112 cm³/mol. The highest BCUT2D eigenvalue weighted by atomic mass is 16.2. The third-order valence-electron chi connectivity index (χ3n) is 6.51. The fraction of sp³-hybridized carbons (Fsp3) is 0.652. The molecule has 1 aromatic carbocycles. The van der Waals surface area contributed by atoms with Gasteiger partial charge in [-0.1, -0.05) is 30.3 Å². The maximum atomic E-state index is 13.5. The Morgan fingerprint density at radius 2 is 1.81 bits per heavy atom. The minimum absolute atomic E-state index is 0.0572. The number of aliphatic imine (C=N–C) groups is 1. The molecule has 4 heteroatoms. The Morgan fingerprint density at radius 3 is 2.44 bits per heavy atom. The summed E-state index contributed by atoms with van der Waals surface area (Å²) in [7, 11) is 0. The number of nitrogens with zero attached hydrogens (tertiary/aromatic N) is 3. The summed E-state index contributed by atoms with van der Waals surface area (Å²) < 4.78 is 0. The number of benzene rings is 1. The molecule has 2 atom stereocenters. The Morgan fingerprint density at radius 1 is 1.15 bits per heavy atom. The molecule has 0 radical (unpaired) electrons. The van der Waals surface area contributed by atoms with Gasteiger partial charge >= 0.3 is 0 Å². The van der Waals surface area contributed by atoms with Crippen molar-refractivity contribution in [3.05, 3.63) is 35.9 Å². The van der Waals surface area contributed by atoms with Gasteiger partial charge in [-0.15, -0.1) is 0 Å². The SMILES string of the molecule is CC1=NC(=O)[C@@](CCN(C(C)C)C(C)C)(c2ccccc2)[C@H]2CCCCN12. The standard InChI is InChI=1S/C23H35N3O/c1-17(2)25(18(3)4)16-14-23(20-11-7-6-8-12-20)21-13-9-10-15-26(21)19(5)24-22(23)27/h6-8,11-12,17-18,21H,9-10,13-16H2,1-5H3/t21-,23+/m1/s1. The number of amides is 1. The molecular formula is C23H35N3O. The summed E-state index contributed by atoms with van der Waals surface area (Å²) in [5, 5.41) is 0. The van der Waals surface area contributed by atoms with E-state index in [4.69, 9.17) is 0 Å². The van der Waals surface area contributed by atoms with E-state index < -0.39 is 5.41 Å². The number of hydrogen-bond donors (Lipinski definition) is 0. The Balaban J connectivity index is 2.04. The van der Waals surface area contributed by atoms with Crippen LogP contribution >= 0.6 is 0 Å². The molecule has 2 heterocycles. The van der Waals surface area contributed by atoms with Gasteiger partial charge in [-0.25, -0.2) is 0 Å². The topological polar surface area (TPSA) is 35.9 Å². The van der Waals surface area contributed by atoms with Crippen molar-refractivity contribution in [1.82, 2.24) is 9.80 Å². The molecule has 0 spiro atoms. The molecule has 2 aliphatic heterocycles. The van der Waals surface area contributed by atoms with Crippen molar-refractivity contribution in [1.29, 1.82) is 0 Å². The summed E-state index contributed by atoms with van der Waals surface area (Å²) in [5.41, 5.74) is 0.596. The fourth-order valence-corrected chi connectivity index (χ4v) is 5.17. The van der Waals surface area contributed by atoms with Crippen LogP contribution in [0, 0.1) is 0 Å². The number of carbonyl (C=O) groups is 1. The van der Waals surface area contributed by atoms with Crippen LogP contribution in [-0.2, 0) is 10.2 Å². The molecule has 1 amide bonds. The molecule has 27 heavy (non-hydrogen) atoms. The van der Waals surface area contributed by atoms with Gasteiger partial charge in [-0.3, -0.25) is 9.69 Å². The Labute approximate surface area is 164 Å². The quantitative estimate of drug-likeness (QED) is 0.752. The molecule has 0 bridgehead atoms. The average Bonchev–Trinajstić information content (AvgIpc) is 2.64. The summed E-state index contributed by atoms with van der Waals surface area (Å²) in [4.78, 5) is 23.0. The molecule has 1 aromatic rings. The number of fused-ring (bicyclic) bond motifs is 1. The van der Waals surface area contributed by atoms with Gasteiger partial charge in [0.15, 0.2) is 0 Å². The second-order valence-corrected chi connectivity index (χ2v) is 8.68. The number of amidine groups is 1. The van der Waals surface area contributed by atoms with Gasteiger partial charge in [0.05, 0.1) is 5.41 Å². The van der Waals surface area contributed by atoms with Crippen molar-refractivity contribution in [2.24, 2.45) is 4.99 Å². The van der Waals surface area contributed by atoms with Crippen molar-refractivity contribution in [2.45, 2.75) is 83.8 Å². The highest BCUT2D eigenvalue weighted by Crippen LogP contribution is 2.43. The molecule has 0 unspecified atom stereocenters. The van der Waals surface area contributed by atoms with Crippen LogP contribution in [0.3, 0.4) is 0 Å². The van der Waals surface area contributed by atoms with Crippen LogP contribution < -0.4 is 0 Å². The zero-order chi connectivity index (χ0) is 19.6. The van der Waals surface area contributed by atoms with Crippen LogP contribution in [0.1, 0.15) is 65.9 Å². The second-order valence-electron chi connectivity index (χ2n) is 8.68. The van der Waals surface area contributed by atoms with Crippen LogP contribution in [0.15, 0.2) is 35.3 Å². The van der Waals surface area contributed by atoms with Gasteiger partial charge in [-0.05, 0) is 65.9 Å². The van der Waals surface area contributed by atoms with Crippen LogP contribution in [0.25, 0.3) is 0 Å². The lowest BCUT2D eigenvalue weighted by atomic mass is 9.66. The van der Waals surface area contributed by atoms with Gasteiger partial charge in [0.1, 0.15) is 5.84 Å². The second kappa shape index (κ2) is 8.14. The predicted octanol–water partition coefficient (Wildman–Crippen LogP) is 4.25. The van der Waals surface area contributed by atoms with E-state index in [0.29, 0.717) is 12.1 Å². The molecule has 2 aliphatic rings. The van der Waals surface area contributed by atoms with Crippen molar-refractivity contribution < 1.29 is 4.79 Å². The first-order valence-corrected chi connectivity index (χ1v) is 10.6. The zero-order valence-corrected chi connectivity index (χ0v) is 17.6. The minimum Gasteiger partial charge on any atom is -0.356 e. The number of hydrogen-bond acceptors (Lipinski definition) is 3. The summed E-state index contributed by atoms with van der Waals surface area (Å²) in [6.07, 6.45) is 4.27. The molecule has 1 fully saturated rings. The van der Waals surface area contributed by atoms with E-state index in [9.17, 15) is 4.79 Å². The minimum atomic E-state index is -0.538. The zero-order valence-electron chi connectivity index (χ0n) is 17.6. The van der Waals surface area contributed by atoms with E-state index in [1.165, 1.54) is 12.8 Å². The maximum Gasteiger partial charge on any atom is 0.260 e. The fourth-order valence-electron chi connectivity index (χ4n) is 5.17. The highest BCUT2D eigenvalue weighted by Gasteiger charge is 2.52. The Hall–Kier alpha value is -1.68. The summed E-state index contributed by atoms with van der Waals surface area (Å²) in [6.45, 7) is 12.9. The van der Waals surface area contributed by atoms with E-state index in [-0.39, 0.29) is 11.9 Å². The molecule has 0 aliphatic carbocycles. The van der Waals surface area contributed by atoms with Crippen molar-refractivity contribution in [3.8, 4) is 0 Å². The van der Waals surface area contributed by atoms with Crippen molar-refractivity contribution >= 4 is 11.7 Å². The smallest absolute Gasteiger partial charge is 0.260 e. The van der Waals surface area contributed by atoms with Crippen LogP contribution in [-0.4, -0.2) is 52.8 Å². The van der Waals surface area contributed by atoms with E-state index in [1.54, 1.807) is 0 Å². The molecule has 4 nitrogen and oxygen atoms in total. The Kier molecular flexibility index (Phi) is 6.05. The largest absolute Gasteiger partial charge is 0.356 e. The number of carbonyl (C=O) groups excluding carboxylic acids is 1. The van der Waals surface area contributed by atoms with E-state index in [1.807, 2.05) is 13.0 Å². The van der Waals surface area contributed by atoms with Crippen LogP contribution in [0.4, 0.5) is 0 Å². The first kappa shape index (κ1) is 20.1. The molecule has 148 valence electrons. The van der Waals surface area contributed by atoms with Crippen molar-refractivity contribution in [3.63, 3.8) is 0 Å². The first-order valence-electron chi connectivity index (χ1n) is 10.6. The van der Waals surface area contributed by atoms with Gasteiger partial charge in [0.25, 0.3) is 5.91 Å². The summed E-state index contributed by atoms with van der Waals surface area (Å²) in [6, 6.07) is 11.6. The first-order chi connectivity index (χ1) is 12.9. The van der Waals surface area contributed by atoms with Gasteiger partial charge < -0.3 is 4.90 Å². The number of rotatable bonds is 6. The van der Waals surface area contributed by atoms with Crippen LogP contribution in [0.2, 0.25) is 0 Å². The molecule has 0 aromatic heterocycles.